The maximum absolute atomic E-state index is 5.73. The summed E-state index contributed by atoms with van der Waals surface area (Å²) < 4.78 is 7.59. The number of hydrogen-bond donors (Lipinski definition) is 1. The minimum atomic E-state index is 0.223. The normalized spacial score (nSPS) is 10.9. The van der Waals surface area contributed by atoms with Crippen LogP contribution >= 0.6 is 12.2 Å². The SMILES string of the molecule is S=c1[nH]nc(-c2c(-c3ccccc3)c(-c3ccccc3)nn2-c2ccccc2)o1. The average Bonchev–Trinajstić information content (AvgIpc) is 3.39. The van der Waals surface area contributed by atoms with Crippen molar-refractivity contribution in [1.29, 1.82) is 0 Å². The van der Waals surface area contributed by atoms with Crippen LogP contribution in [0.3, 0.4) is 0 Å². The molecule has 0 saturated heterocycles. The molecule has 0 amide bonds. The molecule has 0 aliphatic carbocycles. The lowest BCUT2D eigenvalue weighted by atomic mass is 9.99. The molecule has 0 radical (unpaired) electrons. The minimum absolute atomic E-state index is 0.223. The van der Waals surface area contributed by atoms with Gasteiger partial charge in [0.2, 0.25) is 0 Å². The van der Waals surface area contributed by atoms with Gasteiger partial charge in [-0.2, -0.15) is 5.10 Å². The first-order chi connectivity index (χ1) is 14.3. The highest BCUT2D eigenvalue weighted by molar-refractivity contribution is 7.71. The fraction of sp³-hybridized carbons (Fsp3) is 0. The summed E-state index contributed by atoms with van der Waals surface area (Å²) in [5.74, 6) is 0.396. The van der Waals surface area contributed by atoms with Gasteiger partial charge < -0.3 is 4.42 Å². The third-order valence-corrected chi connectivity index (χ3v) is 4.81. The topological polar surface area (TPSA) is 59.6 Å². The Kier molecular flexibility index (Phi) is 4.38. The standard InChI is InChI=1S/C23H16N4OS/c29-23-25-24-22(28-23)21-19(16-10-4-1-5-11-16)20(17-12-6-2-7-13-17)26-27(21)18-14-8-3-9-15-18/h1-15H,(H,25,29). The Balaban J connectivity index is 1.90. The molecule has 0 bridgehead atoms. The van der Waals surface area contributed by atoms with Gasteiger partial charge in [-0.3, -0.25) is 0 Å². The molecular weight excluding hydrogens is 380 g/mol. The molecule has 1 N–H and O–H groups in total. The molecule has 5 rings (SSSR count). The van der Waals surface area contributed by atoms with Gasteiger partial charge in [0.05, 0.1) is 5.69 Å². The third-order valence-electron chi connectivity index (χ3n) is 4.64. The molecule has 2 aromatic heterocycles. The lowest BCUT2D eigenvalue weighted by Gasteiger charge is -2.07. The number of benzene rings is 3. The van der Waals surface area contributed by atoms with Crippen molar-refractivity contribution in [3.05, 3.63) is 95.8 Å². The molecule has 0 saturated carbocycles. The number of rotatable bonds is 4. The second-order valence-electron chi connectivity index (χ2n) is 6.47. The molecule has 0 atom stereocenters. The second kappa shape index (κ2) is 7.33. The zero-order valence-electron chi connectivity index (χ0n) is 15.3. The van der Waals surface area contributed by atoms with E-state index in [-0.39, 0.29) is 4.84 Å². The molecule has 0 spiro atoms. The number of H-pyrrole nitrogens is 1. The first kappa shape index (κ1) is 17.3. The molecule has 0 unspecified atom stereocenters. The quantitative estimate of drug-likeness (QED) is 0.383. The largest absolute Gasteiger partial charge is 0.408 e. The van der Waals surface area contributed by atoms with Crippen LogP contribution in [-0.2, 0) is 0 Å². The molecule has 0 aliphatic heterocycles. The Morgan fingerprint density at radius 1 is 0.759 bits per heavy atom. The highest BCUT2D eigenvalue weighted by atomic mass is 32.1. The van der Waals surface area contributed by atoms with Crippen LogP contribution in [0.15, 0.2) is 95.4 Å². The maximum Gasteiger partial charge on any atom is 0.284 e. The Morgan fingerprint density at radius 2 is 1.34 bits per heavy atom. The van der Waals surface area contributed by atoms with Crippen LogP contribution in [0.4, 0.5) is 0 Å². The van der Waals surface area contributed by atoms with Gasteiger partial charge in [0.25, 0.3) is 10.7 Å². The van der Waals surface area contributed by atoms with E-state index in [1.807, 2.05) is 83.5 Å². The van der Waals surface area contributed by atoms with E-state index in [0.717, 1.165) is 33.8 Å². The Bertz CT molecular complexity index is 1310. The molecule has 2 heterocycles. The van der Waals surface area contributed by atoms with Crippen LogP contribution in [0.1, 0.15) is 0 Å². The molecule has 5 aromatic rings. The van der Waals surface area contributed by atoms with Crippen LogP contribution in [0.5, 0.6) is 0 Å². The van der Waals surface area contributed by atoms with E-state index in [4.69, 9.17) is 21.7 Å². The van der Waals surface area contributed by atoms with E-state index in [2.05, 4.69) is 22.3 Å². The van der Waals surface area contributed by atoms with Gasteiger partial charge in [-0.05, 0) is 29.9 Å². The van der Waals surface area contributed by atoms with Crippen LogP contribution in [-0.4, -0.2) is 20.0 Å². The van der Waals surface area contributed by atoms with E-state index in [1.54, 1.807) is 0 Å². The van der Waals surface area contributed by atoms with Crippen molar-refractivity contribution < 1.29 is 4.42 Å². The monoisotopic (exact) mass is 396 g/mol. The summed E-state index contributed by atoms with van der Waals surface area (Å²) in [5, 5.41) is 12.0. The van der Waals surface area contributed by atoms with E-state index in [9.17, 15) is 0 Å². The minimum Gasteiger partial charge on any atom is -0.408 e. The van der Waals surface area contributed by atoms with Crippen molar-refractivity contribution in [2.24, 2.45) is 0 Å². The zero-order chi connectivity index (χ0) is 19.6. The van der Waals surface area contributed by atoms with Gasteiger partial charge in [-0.1, -0.05) is 78.9 Å². The molecule has 0 fully saturated rings. The van der Waals surface area contributed by atoms with Crippen molar-refractivity contribution in [2.75, 3.05) is 0 Å². The summed E-state index contributed by atoms with van der Waals surface area (Å²) in [7, 11) is 0. The molecule has 6 heteroatoms. The fourth-order valence-electron chi connectivity index (χ4n) is 3.38. The predicted molar refractivity (Wildman–Crippen MR) is 115 cm³/mol. The fourth-order valence-corrected chi connectivity index (χ4v) is 3.50. The Hall–Kier alpha value is -3.77. The average molecular weight is 396 g/mol. The summed E-state index contributed by atoms with van der Waals surface area (Å²) in [5.41, 5.74) is 5.47. The van der Waals surface area contributed by atoms with Crippen molar-refractivity contribution >= 4 is 12.2 Å². The molecule has 3 aromatic carbocycles. The molecular formula is C23H16N4OS. The second-order valence-corrected chi connectivity index (χ2v) is 6.84. The summed E-state index contributed by atoms with van der Waals surface area (Å²) in [4.78, 5) is 0.223. The first-order valence-corrected chi connectivity index (χ1v) is 9.57. The van der Waals surface area contributed by atoms with Crippen molar-refractivity contribution in [2.45, 2.75) is 0 Å². The molecule has 140 valence electrons. The van der Waals surface area contributed by atoms with Gasteiger partial charge in [-0.25, -0.2) is 9.78 Å². The zero-order valence-corrected chi connectivity index (χ0v) is 16.1. The molecule has 5 nitrogen and oxygen atoms in total. The highest BCUT2D eigenvalue weighted by Gasteiger charge is 2.25. The van der Waals surface area contributed by atoms with Gasteiger partial charge in [0.15, 0.2) is 0 Å². The van der Waals surface area contributed by atoms with Gasteiger partial charge in [0.1, 0.15) is 11.4 Å². The maximum atomic E-state index is 5.73. The summed E-state index contributed by atoms with van der Waals surface area (Å²) in [6.45, 7) is 0. The van der Waals surface area contributed by atoms with E-state index < -0.39 is 0 Å². The predicted octanol–water partition coefficient (Wildman–Crippen LogP) is 5.92. The molecule has 29 heavy (non-hydrogen) atoms. The van der Waals surface area contributed by atoms with E-state index in [0.29, 0.717) is 5.89 Å². The number of para-hydroxylation sites is 1. The lowest BCUT2D eigenvalue weighted by Crippen LogP contribution is -1.99. The highest BCUT2D eigenvalue weighted by Crippen LogP contribution is 2.40. The third kappa shape index (κ3) is 3.19. The van der Waals surface area contributed by atoms with Crippen molar-refractivity contribution in [3.63, 3.8) is 0 Å². The smallest absolute Gasteiger partial charge is 0.284 e. The van der Waals surface area contributed by atoms with Crippen LogP contribution < -0.4 is 0 Å². The number of hydrogen-bond acceptors (Lipinski definition) is 4. The van der Waals surface area contributed by atoms with Crippen LogP contribution in [0, 0.1) is 4.84 Å². The Morgan fingerprint density at radius 3 is 1.93 bits per heavy atom. The van der Waals surface area contributed by atoms with Gasteiger partial charge >= 0.3 is 0 Å². The van der Waals surface area contributed by atoms with E-state index >= 15 is 0 Å². The summed E-state index contributed by atoms with van der Waals surface area (Å²) in [6, 6.07) is 30.2. The van der Waals surface area contributed by atoms with Gasteiger partial charge in [-0.15, -0.1) is 5.10 Å². The number of aromatic nitrogens is 4. The first-order valence-electron chi connectivity index (χ1n) is 9.16. The van der Waals surface area contributed by atoms with E-state index in [1.165, 1.54) is 0 Å². The number of nitrogens with one attached hydrogen (secondary N) is 1. The van der Waals surface area contributed by atoms with Crippen molar-refractivity contribution in [1.82, 2.24) is 20.0 Å². The lowest BCUT2D eigenvalue weighted by molar-refractivity contribution is 0.547. The Labute approximate surface area is 172 Å². The van der Waals surface area contributed by atoms with Crippen LogP contribution in [0.25, 0.3) is 39.7 Å². The van der Waals surface area contributed by atoms with Crippen LogP contribution in [0.2, 0.25) is 0 Å². The summed E-state index contributed by atoms with van der Waals surface area (Å²) >= 11 is 5.14. The van der Waals surface area contributed by atoms with Gasteiger partial charge in [0, 0.05) is 11.1 Å². The molecule has 0 aliphatic rings. The van der Waals surface area contributed by atoms with Crippen molar-refractivity contribution in [3.8, 4) is 39.7 Å². The number of aromatic amines is 1. The summed E-state index contributed by atoms with van der Waals surface area (Å²) in [6.07, 6.45) is 0. The number of nitrogens with zero attached hydrogens (tertiary/aromatic N) is 3.